The highest BCUT2D eigenvalue weighted by Crippen LogP contribution is 2.28. The number of ether oxygens (including phenoxy) is 2. The van der Waals surface area contributed by atoms with Crippen LogP contribution < -0.4 is 14.8 Å². The normalized spacial score (nSPS) is 11.1. The molecule has 0 saturated heterocycles. The van der Waals surface area contributed by atoms with E-state index in [2.05, 4.69) is 29.0 Å². The molecule has 0 aliphatic carbocycles. The van der Waals surface area contributed by atoms with Crippen molar-refractivity contribution in [1.82, 2.24) is 15.2 Å². The molecule has 6 heteroatoms. The van der Waals surface area contributed by atoms with Crippen LogP contribution in [0.2, 0.25) is 0 Å². The molecule has 6 nitrogen and oxygen atoms in total. The molecule has 1 amide bonds. The molecule has 0 spiro atoms. The lowest BCUT2D eigenvalue weighted by atomic mass is 10.1. The number of rotatable bonds is 10. The summed E-state index contributed by atoms with van der Waals surface area (Å²) < 4.78 is 11.4. The van der Waals surface area contributed by atoms with E-state index in [9.17, 15) is 4.79 Å². The van der Waals surface area contributed by atoms with Crippen LogP contribution in [0, 0.1) is 13.8 Å². The van der Waals surface area contributed by atoms with Crippen molar-refractivity contribution in [2.75, 3.05) is 33.4 Å². The highest BCUT2D eigenvalue weighted by Gasteiger charge is 2.13. The van der Waals surface area contributed by atoms with Crippen molar-refractivity contribution >= 4 is 16.8 Å². The zero-order valence-corrected chi connectivity index (χ0v) is 19.7. The molecule has 0 bridgehead atoms. The van der Waals surface area contributed by atoms with Gasteiger partial charge in [0.05, 0.1) is 23.9 Å². The number of nitrogens with zero attached hydrogens (tertiary/aromatic N) is 2. The fourth-order valence-corrected chi connectivity index (χ4v) is 3.65. The van der Waals surface area contributed by atoms with Crippen molar-refractivity contribution < 1.29 is 14.3 Å². The highest BCUT2D eigenvalue weighted by molar-refractivity contribution is 5.98. The fourth-order valence-electron chi connectivity index (χ4n) is 3.65. The number of pyridine rings is 1. The van der Waals surface area contributed by atoms with Gasteiger partial charge in [-0.2, -0.15) is 0 Å². The fraction of sp³-hybridized carbons (Fsp3) is 0.385. The molecule has 0 radical (unpaired) electrons. The summed E-state index contributed by atoms with van der Waals surface area (Å²) in [6.45, 7) is 12.0. The molecule has 170 valence electrons. The van der Waals surface area contributed by atoms with E-state index in [1.165, 1.54) is 0 Å². The molecule has 0 aliphatic rings. The molecule has 1 N–H and O–H groups in total. The Morgan fingerprint density at radius 1 is 1.03 bits per heavy atom. The predicted octanol–water partition coefficient (Wildman–Crippen LogP) is 4.51. The third-order valence-electron chi connectivity index (χ3n) is 5.65. The Balaban J connectivity index is 1.65. The van der Waals surface area contributed by atoms with E-state index in [1.54, 1.807) is 7.11 Å². The molecule has 0 saturated carbocycles. The van der Waals surface area contributed by atoms with Crippen molar-refractivity contribution in [2.24, 2.45) is 0 Å². The summed E-state index contributed by atoms with van der Waals surface area (Å²) in [6.07, 6.45) is 0. The van der Waals surface area contributed by atoms with Gasteiger partial charge in [-0.1, -0.05) is 32.0 Å². The van der Waals surface area contributed by atoms with Gasteiger partial charge in [-0.05, 0) is 62.3 Å². The summed E-state index contributed by atoms with van der Waals surface area (Å²) in [6, 6.07) is 13.7. The SMILES string of the molecule is CCN(CC)CCOc1ccc(CNC(=O)c2cc3ccc(C)cc3nc2C)cc1OC. The van der Waals surface area contributed by atoms with Crippen LogP contribution in [0.1, 0.15) is 41.0 Å². The zero-order valence-electron chi connectivity index (χ0n) is 19.7. The van der Waals surface area contributed by atoms with Gasteiger partial charge in [0, 0.05) is 18.5 Å². The number of methoxy groups -OCH3 is 1. The topological polar surface area (TPSA) is 63.7 Å². The van der Waals surface area contributed by atoms with Gasteiger partial charge in [0.1, 0.15) is 6.61 Å². The van der Waals surface area contributed by atoms with Crippen LogP contribution in [0.4, 0.5) is 0 Å². The Bertz CT molecular complexity index is 1080. The second kappa shape index (κ2) is 11.0. The smallest absolute Gasteiger partial charge is 0.253 e. The number of carbonyl (C=O) groups is 1. The zero-order chi connectivity index (χ0) is 23.1. The monoisotopic (exact) mass is 435 g/mol. The van der Waals surface area contributed by atoms with Gasteiger partial charge in [-0.3, -0.25) is 9.78 Å². The van der Waals surface area contributed by atoms with E-state index < -0.39 is 0 Å². The second-order valence-electron chi connectivity index (χ2n) is 7.86. The van der Waals surface area contributed by atoms with Crippen LogP contribution in [-0.2, 0) is 6.54 Å². The molecule has 1 heterocycles. The summed E-state index contributed by atoms with van der Waals surface area (Å²) in [5.74, 6) is 1.23. The number of hydrogen-bond acceptors (Lipinski definition) is 5. The highest BCUT2D eigenvalue weighted by atomic mass is 16.5. The first-order valence-corrected chi connectivity index (χ1v) is 11.1. The minimum absolute atomic E-state index is 0.143. The lowest BCUT2D eigenvalue weighted by Gasteiger charge is -2.19. The molecule has 0 fully saturated rings. The van der Waals surface area contributed by atoms with Crippen LogP contribution >= 0.6 is 0 Å². The number of nitrogens with one attached hydrogen (secondary N) is 1. The van der Waals surface area contributed by atoms with E-state index in [-0.39, 0.29) is 5.91 Å². The molecular weight excluding hydrogens is 402 g/mol. The Kier molecular flexibility index (Phi) is 8.06. The number of hydrogen-bond donors (Lipinski definition) is 1. The Hall–Kier alpha value is -3.12. The molecule has 3 rings (SSSR count). The average Bonchev–Trinajstić information content (AvgIpc) is 2.80. The van der Waals surface area contributed by atoms with Crippen molar-refractivity contribution in [3.63, 3.8) is 0 Å². The van der Waals surface area contributed by atoms with Crippen molar-refractivity contribution in [1.29, 1.82) is 0 Å². The summed E-state index contributed by atoms with van der Waals surface area (Å²) >= 11 is 0. The first-order chi connectivity index (χ1) is 15.4. The molecule has 1 aromatic heterocycles. The van der Waals surface area contributed by atoms with Crippen LogP contribution in [0.3, 0.4) is 0 Å². The van der Waals surface area contributed by atoms with Crippen molar-refractivity contribution in [2.45, 2.75) is 34.2 Å². The first-order valence-electron chi connectivity index (χ1n) is 11.1. The molecule has 3 aromatic rings. The molecule has 0 unspecified atom stereocenters. The minimum Gasteiger partial charge on any atom is -0.493 e. The van der Waals surface area contributed by atoms with E-state index >= 15 is 0 Å². The quantitative estimate of drug-likeness (QED) is 0.508. The maximum absolute atomic E-state index is 12.8. The van der Waals surface area contributed by atoms with Gasteiger partial charge in [0.25, 0.3) is 5.91 Å². The average molecular weight is 436 g/mol. The Morgan fingerprint density at radius 3 is 2.53 bits per heavy atom. The van der Waals surface area contributed by atoms with Crippen molar-refractivity contribution in [3.8, 4) is 11.5 Å². The van der Waals surface area contributed by atoms with Gasteiger partial charge in [0.2, 0.25) is 0 Å². The van der Waals surface area contributed by atoms with E-state index in [1.807, 2.05) is 56.3 Å². The molecule has 2 aromatic carbocycles. The van der Waals surface area contributed by atoms with Gasteiger partial charge >= 0.3 is 0 Å². The maximum atomic E-state index is 12.8. The molecule has 0 atom stereocenters. The molecular formula is C26H33N3O3. The van der Waals surface area contributed by atoms with Crippen LogP contribution in [0.15, 0.2) is 42.5 Å². The number of fused-ring (bicyclic) bond motifs is 1. The van der Waals surface area contributed by atoms with Crippen LogP contribution in [0.25, 0.3) is 10.9 Å². The molecule has 32 heavy (non-hydrogen) atoms. The number of aromatic nitrogens is 1. The predicted molar refractivity (Wildman–Crippen MR) is 129 cm³/mol. The number of carbonyl (C=O) groups excluding carboxylic acids is 1. The van der Waals surface area contributed by atoms with Gasteiger partial charge in [0.15, 0.2) is 11.5 Å². The van der Waals surface area contributed by atoms with E-state index in [0.29, 0.717) is 30.2 Å². The number of amides is 1. The van der Waals surface area contributed by atoms with Crippen molar-refractivity contribution in [3.05, 3.63) is 64.8 Å². The largest absolute Gasteiger partial charge is 0.493 e. The third-order valence-corrected chi connectivity index (χ3v) is 5.65. The first kappa shape index (κ1) is 23.5. The maximum Gasteiger partial charge on any atom is 0.253 e. The second-order valence-corrected chi connectivity index (χ2v) is 7.86. The Morgan fingerprint density at radius 2 is 1.81 bits per heavy atom. The van der Waals surface area contributed by atoms with Gasteiger partial charge < -0.3 is 19.7 Å². The summed E-state index contributed by atoms with van der Waals surface area (Å²) in [7, 11) is 1.63. The number of aryl methyl sites for hydroxylation is 2. The van der Waals surface area contributed by atoms with Crippen LogP contribution in [-0.4, -0.2) is 49.1 Å². The number of benzene rings is 2. The summed E-state index contributed by atoms with van der Waals surface area (Å²) in [5.41, 5.74) is 4.30. The van der Waals surface area contributed by atoms with E-state index in [4.69, 9.17) is 9.47 Å². The lowest BCUT2D eigenvalue weighted by molar-refractivity contribution is 0.0950. The minimum atomic E-state index is -0.143. The summed E-state index contributed by atoms with van der Waals surface area (Å²) in [4.78, 5) is 19.7. The standard InChI is InChI=1S/C26H33N3O3/c1-6-29(7-2)12-13-32-24-11-9-20(15-25(24)31-5)17-27-26(30)22-16-21-10-8-18(3)14-23(21)28-19(22)4/h8-11,14-16H,6-7,12-13,17H2,1-5H3,(H,27,30). The lowest BCUT2D eigenvalue weighted by Crippen LogP contribution is -2.28. The van der Waals surface area contributed by atoms with Gasteiger partial charge in [-0.25, -0.2) is 0 Å². The number of likely N-dealkylation sites (N-methyl/N-ethyl adjacent to an activating group) is 1. The summed E-state index contributed by atoms with van der Waals surface area (Å²) in [5, 5.41) is 3.95. The van der Waals surface area contributed by atoms with Crippen LogP contribution in [0.5, 0.6) is 11.5 Å². The Labute approximate surface area is 190 Å². The molecule has 0 aliphatic heterocycles. The third kappa shape index (κ3) is 5.77. The van der Waals surface area contributed by atoms with E-state index in [0.717, 1.165) is 47.4 Å². The van der Waals surface area contributed by atoms with Gasteiger partial charge in [-0.15, -0.1) is 0 Å².